The summed E-state index contributed by atoms with van der Waals surface area (Å²) in [5.74, 6) is 0.687. The normalized spacial score (nSPS) is 16.6. The van der Waals surface area contributed by atoms with Gasteiger partial charge in [0.2, 0.25) is 10.0 Å². The van der Waals surface area contributed by atoms with Crippen LogP contribution in [0.5, 0.6) is 5.75 Å². The first-order chi connectivity index (χ1) is 12.8. The lowest BCUT2D eigenvalue weighted by molar-refractivity contribution is 0.181. The SMILES string of the molecule is Cc1ccc(CN2CCN(S(=O)(=O)c3ccc(OC(C)C)cc3)CC2)cc1. The third-order valence-electron chi connectivity index (χ3n) is 4.69. The van der Waals surface area contributed by atoms with Crippen LogP contribution in [0.2, 0.25) is 0 Å². The van der Waals surface area contributed by atoms with Crippen molar-refractivity contribution in [1.29, 1.82) is 0 Å². The van der Waals surface area contributed by atoms with Crippen molar-refractivity contribution in [2.75, 3.05) is 26.2 Å². The summed E-state index contributed by atoms with van der Waals surface area (Å²) in [4.78, 5) is 2.63. The van der Waals surface area contributed by atoms with Gasteiger partial charge >= 0.3 is 0 Å². The van der Waals surface area contributed by atoms with E-state index in [1.807, 2.05) is 13.8 Å². The van der Waals surface area contributed by atoms with E-state index in [0.717, 1.165) is 19.6 Å². The topological polar surface area (TPSA) is 49.9 Å². The molecule has 0 aromatic heterocycles. The second kappa shape index (κ2) is 8.42. The molecule has 5 nitrogen and oxygen atoms in total. The highest BCUT2D eigenvalue weighted by atomic mass is 32.2. The van der Waals surface area contributed by atoms with Crippen LogP contribution < -0.4 is 4.74 Å². The molecule has 2 aromatic carbocycles. The first-order valence-electron chi connectivity index (χ1n) is 9.39. The zero-order chi connectivity index (χ0) is 19.4. The van der Waals surface area contributed by atoms with E-state index in [-0.39, 0.29) is 6.10 Å². The van der Waals surface area contributed by atoms with Crippen molar-refractivity contribution < 1.29 is 13.2 Å². The Hall–Kier alpha value is -1.89. The molecule has 1 aliphatic heterocycles. The van der Waals surface area contributed by atoms with Gasteiger partial charge in [-0.15, -0.1) is 0 Å². The molecule has 3 rings (SSSR count). The van der Waals surface area contributed by atoms with E-state index in [4.69, 9.17) is 4.74 Å². The Morgan fingerprint density at radius 2 is 1.52 bits per heavy atom. The molecule has 0 atom stereocenters. The van der Waals surface area contributed by atoms with Gasteiger partial charge in [0, 0.05) is 32.7 Å². The summed E-state index contributed by atoms with van der Waals surface area (Å²) in [5, 5.41) is 0. The summed E-state index contributed by atoms with van der Waals surface area (Å²) in [6.07, 6.45) is 0.0639. The van der Waals surface area contributed by atoms with E-state index in [1.165, 1.54) is 11.1 Å². The van der Waals surface area contributed by atoms with Crippen LogP contribution in [0.3, 0.4) is 0 Å². The number of piperazine rings is 1. The summed E-state index contributed by atoms with van der Waals surface area (Å²) in [6.45, 7) is 9.33. The minimum Gasteiger partial charge on any atom is -0.491 e. The van der Waals surface area contributed by atoms with Crippen LogP contribution in [-0.2, 0) is 16.6 Å². The lowest BCUT2D eigenvalue weighted by atomic mass is 10.1. The lowest BCUT2D eigenvalue weighted by Gasteiger charge is -2.34. The summed E-state index contributed by atoms with van der Waals surface area (Å²) in [7, 11) is -3.46. The fourth-order valence-corrected chi connectivity index (χ4v) is 4.61. The molecule has 0 N–H and O–H groups in total. The molecule has 0 radical (unpaired) electrons. The Morgan fingerprint density at radius 1 is 0.926 bits per heavy atom. The average molecular weight is 389 g/mol. The number of sulfonamides is 1. The van der Waals surface area contributed by atoms with Crippen molar-refractivity contribution >= 4 is 10.0 Å². The number of hydrogen-bond acceptors (Lipinski definition) is 4. The number of hydrogen-bond donors (Lipinski definition) is 0. The zero-order valence-corrected chi connectivity index (χ0v) is 17.1. The van der Waals surface area contributed by atoms with Crippen LogP contribution in [0, 0.1) is 6.92 Å². The molecule has 6 heteroatoms. The van der Waals surface area contributed by atoms with Crippen LogP contribution >= 0.6 is 0 Å². The highest BCUT2D eigenvalue weighted by Crippen LogP contribution is 2.22. The predicted octanol–water partition coefficient (Wildman–Crippen LogP) is 3.29. The molecular weight excluding hydrogens is 360 g/mol. The van der Waals surface area contributed by atoms with Gasteiger partial charge in [-0.05, 0) is 50.6 Å². The molecule has 0 spiro atoms. The molecule has 1 saturated heterocycles. The lowest BCUT2D eigenvalue weighted by Crippen LogP contribution is -2.48. The van der Waals surface area contributed by atoms with Crippen molar-refractivity contribution in [1.82, 2.24) is 9.21 Å². The van der Waals surface area contributed by atoms with E-state index < -0.39 is 10.0 Å². The first-order valence-corrected chi connectivity index (χ1v) is 10.8. The van der Waals surface area contributed by atoms with Gasteiger partial charge in [0.25, 0.3) is 0 Å². The smallest absolute Gasteiger partial charge is 0.243 e. The van der Waals surface area contributed by atoms with Gasteiger partial charge in [-0.1, -0.05) is 29.8 Å². The molecule has 2 aromatic rings. The molecule has 0 aliphatic carbocycles. The molecule has 0 saturated carbocycles. The van der Waals surface area contributed by atoms with E-state index >= 15 is 0 Å². The summed E-state index contributed by atoms with van der Waals surface area (Å²) in [6, 6.07) is 15.2. The van der Waals surface area contributed by atoms with Gasteiger partial charge in [-0.2, -0.15) is 4.31 Å². The van der Waals surface area contributed by atoms with Crippen LogP contribution in [0.25, 0.3) is 0 Å². The maximum atomic E-state index is 12.9. The van der Waals surface area contributed by atoms with Crippen molar-refractivity contribution in [3.8, 4) is 5.75 Å². The number of ether oxygens (including phenoxy) is 1. The Balaban J connectivity index is 1.59. The number of benzene rings is 2. The largest absolute Gasteiger partial charge is 0.491 e. The quantitative estimate of drug-likeness (QED) is 0.762. The minimum atomic E-state index is -3.46. The molecule has 1 heterocycles. The molecule has 0 unspecified atom stereocenters. The van der Waals surface area contributed by atoms with Gasteiger partial charge in [0.05, 0.1) is 11.0 Å². The van der Waals surface area contributed by atoms with Crippen molar-refractivity contribution in [2.45, 2.75) is 38.3 Å². The second-order valence-corrected chi connectivity index (χ2v) is 9.24. The third-order valence-corrected chi connectivity index (χ3v) is 6.60. The van der Waals surface area contributed by atoms with Crippen LogP contribution in [0.1, 0.15) is 25.0 Å². The Bertz CT molecular complexity index is 838. The first kappa shape index (κ1) is 19.9. The zero-order valence-electron chi connectivity index (χ0n) is 16.3. The molecule has 146 valence electrons. The highest BCUT2D eigenvalue weighted by Gasteiger charge is 2.28. The van der Waals surface area contributed by atoms with Gasteiger partial charge in [0.15, 0.2) is 0 Å². The van der Waals surface area contributed by atoms with Crippen LogP contribution in [0.4, 0.5) is 0 Å². The fraction of sp³-hybridized carbons (Fsp3) is 0.429. The van der Waals surface area contributed by atoms with Gasteiger partial charge in [-0.3, -0.25) is 4.90 Å². The highest BCUT2D eigenvalue weighted by molar-refractivity contribution is 7.89. The van der Waals surface area contributed by atoms with Gasteiger partial charge < -0.3 is 4.74 Å². The van der Waals surface area contributed by atoms with E-state index in [1.54, 1.807) is 28.6 Å². The maximum absolute atomic E-state index is 12.9. The standard InChI is InChI=1S/C21H28N2O3S/c1-17(2)26-20-8-10-21(11-9-20)27(24,25)23-14-12-22(13-15-23)16-19-6-4-18(3)5-7-19/h4-11,17H,12-16H2,1-3H3. The summed E-state index contributed by atoms with van der Waals surface area (Å²) >= 11 is 0. The average Bonchev–Trinajstić information content (AvgIpc) is 2.64. The second-order valence-electron chi connectivity index (χ2n) is 7.30. The Labute approximate surface area is 162 Å². The van der Waals surface area contributed by atoms with Gasteiger partial charge in [-0.25, -0.2) is 8.42 Å². The molecule has 0 bridgehead atoms. The summed E-state index contributed by atoms with van der Waals surface area (Å²) < 4.78 is 33.0. The Kier molecular flexibility index (Phi) is 6.19. The van der Waals surface area contributed by atoms with E-state index in [9.17, 15) is 8.42 Å². The summed E-state index contributed by atoms with van der Waals surface area (Å²) in [5.41, 5.74) is 2.51. The number of nitrogens with zero attached hydrogens (tertiary/aromatic N) is 2. The van der Waals surface area contributed by atoms with E-state index in [0.29, 0.717) is 23.7 Å². The number of aryl methyl sites for hydroxylation is 1. The predicted molar refractivity (Wildman–Crippen MR) is 107 cm³/mol. The fourth-order valence-electron chi connectivity index (χ4n) is 3.19. The molecule has 0 amide bonds. The van der Waals surface area contributed by atoms with Crippen molar-refractivity contribution in [3.63, 3.8) is 0 Å². The minimum absolute atomic E-state index is 0.0639. The molecule has 1 aliphatic rings. The molecule has 27 heavy (non-hydrogen) atoms. The Morgan fingerprint density at radius 3 is 2.07 bits per heavy atom. The third kappa shape index (κ3) is 5.09. The number of rotatable bonds is 6. The van der Waals surface area contributed by atoms with Gasteiger partial charge in [0.1, 0.15) is 5.75 Å². The molecular formula is C21H28N2O3S. The molecule has 1 fully saturated rings. The van der Waals surface area contributed by atoms with Crippen LogP contribution in [0.15, 0.2) is 53.4 Å². The monoisotopic (exact) mass is 388 g/mol. The van der Waals surface area contributed by atoms with Crippen LogP contribution in [-0.4, -0.2) is 49.9 Å². The van der Waals surface area contributed by atoms with Crippen molar-refractivity contribution in [3.05, 3.63) is 59.7 Å². The van der Waals surface area contributed by atoms with Crippen molar-refractivity contribution in [2.24, 2.45) is 0 Å². The maximum Gasteiger partial charge on any atom is 0.243 e. The van der Waals surface area contributed by atoms with E-state index in [2.05, 4.69) is 36.1 Å².